The first-order chi connectivity index (χ1) is 8.90. The van der Waals surface area contributed by atoms with Crippen LogP contribution in [0.2, 0.25) is 0 Å². The Morgan fingerprint density at radius 2 is 2.16 bits per heavy atom. The molecule has 1 amide bonds. The largest absolute Gasteiger partial charge is 0.395 e. The van der Waals surface area contributed by atoms with Crippen molar-refractivity contribution in [3.63, 3.8) is 0 Å². The van der Waals surface area contributed by atoms with Crippen molar-refractivity contribution >= 4 is 33.2 Å². The third-order valence-corrected chi connectivity index (χ3v) is 3.33. The summed E-state index contributed by atoms with van der Waals surface area (Å²) in [7, 11) is 0. The lowest BCUT2D eigenvalue weighted by molar-refractivity contribution is 0.102. The van der Waals surface area contributed by atoms with Crippen LogP contribution in [-0.4, -0.2) is 16.1 Å². The van der Waals surface area contributed by atoms with Gasteiger partial charge in [-0.05, 0) is 47.5 Å². The summed E-state index contributed by atoms with van der Waals surface area (Å²) in [5, 5.41) is 9.12. The van der Waals surface area contributed by atoms with Gasteiger partial charge < -0.3 is 11.1 Å². The molecule has 0 spiro atoms. The first-order valence-corrected chi connectivity index (χ1v) is 6.27. The highest BCUT2D eigenvalue weighted by molar-refractivity contribution is 9.10. The Labute approximate surface area is 117 Å². The number of halogens is 2. The zero-order chi connectivity index (χ0) is 14.2. The molecule has 0 bridgehead atoms. The summed E-state index contributed by atoms with van der Waals surface area (Å²) in [5.74, 6) is -0.825. The lowest BCUT2D eigenvalue weighted by Crippen LogP contribution is -2.15. The third kappa shape index (κ3) is 2.60. The second kappa shape index (κ2) is 5.00. The van der Waals surface area contributed by atoms with Crippen LogP contribution in [-0.2, 0) is 0 Å². The van der Waals surface area contributed by atoms with Gasteiger partial charge in [-0.3, -0.25) is 9.89 Å². The number of hydrogen-bond acceptors (Lipinski definition) is 3. The molecule has 0 aliphatic rings. The summed E-state index contributed by atoms with van der Waals surface area (Å²) in [6.45, 7) is 3.42. The molecule has 1 aromatic heterocycles. The number of nitrogen functional groups attached to an aromatic ring is 1. The van der Waals surface area contributed by atoms with E-state index < -0.39 is 5.91 Å². The SMILES string of the molecule is Cc1cc(F)c(Br)cc1NC(=O)c1n[nH]c(C)c1N. The van der Waals surface area contributed by atoms with Crippen LogP contribution >= 0.6 is 15.9 Å². The normalized spacial score (nSPS) is 10.5. The van der Waals surface area contributed by atoms with Gasteiger partial charge in [0.05, 0.1) is 15.9 Å². The van der Waals surface area contributed by atoms with Gasteiger partial charge in [0.25, 0.3) is 5.91 Å². The lowest BCUT2D eigenvalue weighted by Gasteiger charge is -2.08. The van der Waals surface area contributed by atoms with Crippen molar-refractivity contribution in [3.05, 3.63) is 39.4 Å². The summed E-state index contributed by atoms with van der Waals surface area (Å²) < 4.78 is 13.6. The van der Waals surface area contributed by atoms with E-state index in [4.69, 9.17) is 5.73 Å². The van der Waals surface area contributed by atoms with Crippen molar-refractivity contribution in [1.82, 2.24) is 10.2 Å². The van der Waals surface area contributed by atoms with E-state index >= 15 is 0 Å². The molecular formula is C12H12BrFN4O. The Hall–Kier alpha value is -1.89. The van der Waals surface area contributed by atoms with E-state index in [1.807, 2.05) is 0 Å². The fourth-order valence-electron chi connectivity index (χ4n) is 1.57. The van der Waals surface area contributed by atoms with E-state index in [0.29, 0.717) is 22.6 Å². The molecule has 0 saturated carbocycles. The molecule has 100 valence electrons. The van der Waals surface area contributed by atoms with Crippen LogP contribution < -0.4 is 11.1 Å². The van der Waals surface area contributed by atoms with Crippen LogP contribution in [0.3, 0.4) is 0 Å². The van der Waals surface area contributed by atoms with Crippen molar-refractivity contribution in [1.29, 1.82) is 0 Å². The molecule has 4 N–H and O–H groups in total. The Balaban J connectivity index is 2.29. The van der Waals surface area contributed by atoms with Crippen LogP contribution in [0.1, 0.15) is 21.7 Å². The Morgan fingerprint density at radius 1 is 1.47 bits per heavy atom. The minimum atomic E-state index is -0.441. The minimum Gasteiger partial charge on any atom is -0.395 e. The third-order valence-electron chi connectivity index (χ3n) is 2.73. The van der Waals surface area contributed by atoms with Crippen LogP contribution in [0.5, 0.6) is 0 Å². The van der Waals surface area contributed by atoms with E-state index in [9.17, 15) is 9.18 Å². The summed E-state index contributed by atoms with van der Waals surface area (Å²) in [4.78, 5) is 12.0. The van der Waals surface area contributed by atoms with Crippen LogP contribution in [0.25, 0.3) is 0 Å². The number of amides is 1. The number of aromatic nitrogens is 2. The maximum Gasteiger partial charge on any atom is 0.278 e. The van der Waals surface area contributed by atoms with Crippen molar-refractivity contribution < 1.29 is 9.18 Å². The van der Waals surface area contributed by atoms with E-state index in [-0.39, 0.29) is 16.0 Å². The maximum atomic E-state index is 13.3. The monoisotopic (exact) mass is 326 g/mol. The van der Waals surface area contributed by atoms with Gasteiger partial charge in [-0.25, -0.2) is 4.39 Å². The first kappa shape index (κ1) is 13.5. The quantitative estimate of drug-likeness (QED) is 0.793. The van der Waals surface area contributed by atoms with Crippen LogP contribution in [0.4, 0.5) is 15.8 Å². The zero-order valence-corrected chi connectivity index (χ0v) is 11.9. The average Bonchev–Trinajstić information content (AvgIpc) is 2.67. The highest BCUT2D eigenvalue weighted by Crippen LogP contribution is 2.25. The topological polar surface area (TPSA) is 83.8 Å². The number of carbonyl (C=O) groups is 1. The molecule has 19 heavy (non-hydrogen) atoms. The highest BCUT2D eigenvalue weighted by Gasteiger charge is 2.16. The molecule has 0 radical (unpaired) electrons. The van der Waals surface area contributed by atoms with Gasteiger partial charge in [-0.2, -0.15) is 5.10 Å². The standard InChI is InChI=1S/C12H12BrFN4O/c1-5-3-8(14)7(13)4-9(5)16-12(19)11-10(15)6(2)17-18-11/h3-4H,15H2,1-2H3,(H,16,19)(H,17,18). The Bertz CT molecular complexity index is 653. The molecule has 2 aromatic rings. The summed E-state index contributed by atoms with van der Waals surface area (Å²) >= 11 is 3.07. The van der Waals surface area contributed by atoms with Gasteiger partial charge in [-0.15, -0.1) is 0 Å². The molecule has 0 atom stereocenters. The van der Waals surface area contributed by atoms with Gasteiger partial charge >= 0.3 is 0 Å². The van der Waals surface area contributed by atoms with E-state index in [1.165, 1.54) is 12.1 Å². The van der Waals surface area contributed by atoms with Gasteiger partial charge in [-0.1, -0.05) is 0 Å². The molecule has 1 aromatic carbocycles. The molecule has 2 rings (SSSR count). The second-order valence-electron chi connectivity index (χ2n) is 4.15. The number of hydrogen-bond donors (Lipinski definition) is 3. The lowest BCUT2D eigenvalue weighted by atomic mass is 10.2. The predicted octanol–water partition coefficient (Wildman–Crippen LogP) is 2.76. The highest BCUT2D eigenvalue weighted by atomic mass is 79.9. The average molecular weight is 327 g/mol. The number of rotatable bonds is 2. The fraction of sp³-hybridized carbons (Fsp3) is 0.167. The predicted molar refractivity (Wildman–Crippen MR) is 74.5 cm³/mol. The van der Waals surface area contributed by atoms with Crippen molar-refractivity contribution in [2.24, 2.45) is 0 Å². The Kier molecular flexibility index (Phi) is 3.57. The van der Waals surface area contributed by atoms with Gasteiger partial charge in [0, 0.05) is 5.69 Å². The van der Waals surface area contributed by atoms with Crippen molar-refractivity contribution in [2.45, 2.75) is 13.8 Å². The fourth-order valence-corrected chi connectivity index (χ4v) is 1.92. The number of nitrogens with two attached hydrogens (primary N) is 1. The second-order valence-corrected chi connectivity index (χ2v) is 5.00. The molecule has 0 unspecified atom stereocenters. The smallest absolute Gasteiger partial charge is 0.278 e. The number of carbonyl (C=O) groups excluding carboxylic acids is 1. The van der Waals surface area contributed by atoms with Gasteiger partial charge in [0.2, 0.25) is 0 Å². The van der Waals surface area contributed by atoms with E-state index in [0.717, 1.165) is 0 Å². The molecule has 0 aliphatic carbocycles. The summed E-state index contributed by atoms with van der Waals surface area (Å²) in [6.07, 6.45) is 0. The summed E-state index contributed by atoms with van der Waals surface area (Å²) in [5.41, 5.74) is 7.89. The number of nitrogens with zero attached hydrogens (tertiary/aromatic N) is 1. The Morgan fingerprint density at radius 3 is 2.74 bits per heavy atom. The van der Waals surface area contributed by atoms with Crippen molar-refractivity contribution in [3.8, 4) is 0 Å². The molecule has 5 nitrogen and oxygen atoms in total. The molecule has 7 heteroatoms. The number of aryl methyl sites for hydroxylation is 2. The van der Waals surface area contributed by atoms with Gasteiger partial charge in [0.1, 0.15) is 5.82 Å². The maximum absolute atomic E-state index is 13.3. The molecule has 0 aliphatic heterocycles. The zero-order valence-electron chi connectivity index (χ0n) is 10.3. The molecule has 0 saturated heterocycles. The number of aromatic amines is 1. The van der Waals surface area contributed by atoms with Gasteiger partial charge in [0.15, 0.2) is 5.69 Å². The van der Waals surface area contributed by atoms with Crippen LogP contribution in [0.15, 0.2) is 16.6 Å². The number of H-pyrrole nitrogens is 1. The van der Waals surface area contributed by atoms with Crippen LogP contribution in [0, 0.1) is 19.7 Å². The van der Waals surface area contributed by atoms with E-state index in [2.05, 4.69) is 31.4 Å². The number of benzene rings is 1. The first-order valence-electron chi connectivity index (χ1n) is 5.47. The van der Waals surface area contributed by atoms with E-state index in [1.54, 1.807) is 13.8 Å². The molecular weight excluding hydrogens is 315 g/mol. The minimum absolute atomic E-state index is 0.123. The number of anilines is 2. The van der Waals surface area contributed by atoms with Crippen molar-refractivity contribution in [2.75, 3.05) is 11.1 Å². The number of nitrogens with one attached hydrogen (secondary N) is 2. The molecule has 1 heterocycles. The summed E-state index contributed by atoms with van der Waals surface area (Å²) in [6, 6.07) is 2.83. The molecule has 0 fully saturated rings.